The highest BCUT2D eigenvalue weighted by atomic mass is 32.2. The largest absolute Gasteiger partial charge is 0.348 e. The van der Waals surface area contributed by atoms with Gasteiger partial charge in [0.25, 0.3) is 0 Å². The topological polar surface area (TPSA) is 115 Å². The summed E-state index contributed by atoms with van der Waals surface area (Å²) in [5.41, 5.74) is 2.32. The lowest BCUT2D eigenvalue weighted by atomic mass is 10.1. The molecule has 35 heavy (non-hydrogen) atoms. The van der Waals surface area contributed by atoms with Crippen LogP contribution >= 0.6 is 11.3 Å². The van der Waals surface area contributed by atoms with Gasteiger partial charge in [0.2, 0.25) is 5.95 Å². The lowest BCUT2D eigenvalue weighted by molar-refractivity contribution is 0.0977. The Morgan fingerprint density at radius 1 is 1.14 bits per heavy atom. The first kappa shape index (κ1) is 24.8. The molecule has 0 aliphatic rings. The van der Waals surface area contributed by atoms with Crippen LogP contribution in [0.2, 0.25) is 0 Å². The molecular weight excluding hydrogens is 489 g/mol. The Kier molecular flexibility index (Phi) is 7.18. The summed E-state index contributed by atoms with van der Waals surface area (Å²) < 4.78 is 37.4. The molecule has 0 radical (unpaired) electrons. The van der Waals surface area contributed by atoms with E-state index < -0.39 is 15.7 Å². The van der Waals surface area contributed by atoms with Gasteiger partial charge in [-0.15, -0.1) is 11.3 Å². The summed E-state index contributed by atoms with van der Waals surface area (Å²) >= 11 is 1.37. The normalized spacial score (nSPS) is 12.6. The van der Waals surface area contributed by atoms with Gasteiger partial charge in [-0.05, 0) is 56.0 Å². The van der Waals surface area contributed by atoms with E-state index in [0.717, 1.165) is 16.8 Å². The number of hydrogen-bond acceptors (Lipinski definition) is 9. The zero-order valence-corrected chi connectivity index (χ0v) is 21.1. The van der Waals surface area contributed by atoms with Gasteiger partial charge < -0.3 is 5.32 Å². The average molecular weight is 514 g/mol. The molecule has 0 saturated heterocycles. The van der Waals surface area contributed by atoms with E-state index in [4.69, 9.17) is 0 Å². The molecule has 0 spiro atoms. The molecule has 3 heterocycles. The number of rotatable bonds is 9. The Bertz CT molecular complexity index is 1490. The number of sulfone groups is 1. The van der Waals surface area contributed by atoms with Crippen molar-refractivity contribution >= 4 is 43.3 Å². The van der Waals surface area contributed by atoms with Gasteiger partial charge in [-0.3, -0.25) is 9.78 Å². The number of carbonyl (C=O) groups excluding carboxylic acids is 1. The van der Waals surface area contributed by atoms with Gasteiger partial charge in [-0.2, -0.15) is 4.98 Å². The Morgan fingerprint density at radius 3 is 2.57 bits per heavy atom. The van der Waals surface area contributed by atoms with Crippen LogP contribution in [0.5, 0.6) is 0 Å². The molecule has 182 valence electrons. The fourth-order valence-electron chi connectivity index (χ4n) is 3.60. The predicted octanol–water partition coefficient (Wildman–Crippen LogP) is 4.71. The molecule has 4 rings (SSSR count). The number of halogens is 1. The smallest absolute Gasteiger partial charge is 0.225 e. The fourth-order valence-corrected chi connectivity index (χ4v) is 5.10. The number of Topliss-reactive ketones (excluding diaryl/α,β-unsaturated/α-hetero) is 1. The van der Waals surface area contributed by atoms with Crippen molar-refractivity contribution in [1.29, 1.82) is 0 Å². The Labute approximate surface area is 206 Å². The summed E-state index contributed by atoms with van der Waals surface area (Å²) in [4.78, 5) is 30.6. The Balaban J connectivity index is 1.49. The van der Waals surface area contributed by atoms with Crippen LogP contribution in [0, 0.1) is 12.7 Å². The zero-order valence-electron chi connectivity index (χ0n) is 19.4. The Morgan fingerprint density at radius 2 is 1.89 bits per heavy atom. The van der Waals surface area contributed by atoms with E-state index in [0.29, 0.717) is 34.4 Å². The summed E-state index contributed by atoms with van der Waals surface area (Å²) in [6, 6.07) is 7.72. The molecule has 0 aliphatic carbocycles. The third kappa shape index (κ3) is 6.04. The molecular formula is C24H24FN5O3S2. The maximum absolute atomic E-state index is 13.6. The summed E-state index contributed by atoms with van der Waals surface area (Å²) in [5.74, 6) is -0.333. The van der Waals surface area contributed by atoms with Crippen LogP contribution < -0.4 is 5.32 Å². The maximum atomic E-state index is 13.6. The highest BCUT2D eigenvalue weighted by Crippen LogP contribution is 2.27. The van der Waals surface area contributed by atoms with E-state index >= 15 is 0 Å². The van der Waals surface area contributed by atoms with Crippen molar-refractivity contribution in [2.24, 2.45) is 0 Å². The first-order valence-corrected chi connectivity index (χ1v) is 13.7. The minimum atomic E-state index is -3.24. The first-order valence-electron chi connectivity index (χ1n) is 10.9. The molecule has 0 fully saturated rings. The molecule has 1 N–H and O–H groups in total. The van der Waals surface area contributed by atoms with Gasteiger partial charge >= 0.3 is 0 Å². The molecule has 1 atom stereocenters. The van der Waals surface area contributed by atoms with E-state index in [9.17, 15) is 17.6 Å². The maximum Gasteiger partial charge on any atom is 0.225 e. The molecule has 8 nitrogen and oxygen atoms in total. The van der Waals surface area contributed by atoms with Gasteiger partial charge in [0, 0.05) is 18.9 Å². The minimum Gasteiger partial charge on any atom is -0.348 e. The number of pyridine rings is 1. The first-order chi connectivity index (χ1) is 16.6. The van der Waals surface area contributed by atoms with Crippen molar-refractivity contribution in [2.75, 3.05) is 11.6 Å². The number of carbonyl (C=O) groups is 1. The zero-order chi connectivity index (χ0) is 25.2. The van der Waals surface area contributed by atoms with E-state index in [1.54, 1.807) is 30.5 Å². The van der Waals surface area contributed by atoms with Gasteiger partial charge in [0.15, 0.2) is 21.3 Å². The third-order valence-electron chi connectivity index (χ3n) is 5.42. The number of nitrogens with one attached hydrogen (secondary N) is 1. The summed E-state index contributed by atoms with van der Waals surface area (Å²) in [7, 11) is -3.24. The minimum absolute atomic E-state index is 0.128. The van der Waals surface area contributed by atoms with Gasteiger partial charge in [-0.1, -0.05) is 12.1 Å². The summed E-state index contributed by atoms with van der Waals surface area (Å²) in [5, 5.41) is 3.89. The number of nitrogens with zero attached hydrogens (tertiary/aromatic N) is 4. The average Bonchev–Trinajstić information content (AvgIpc) is 3.18. The standard InChI is InChI=1S/C24H24FN5O3S2/c1-14(17-11-18(25)13-26-12-17)27-24-29-21(22-23(30-24)28-15(2)34-22)20(31)6-4-5-16-7-9-19(10-8-16)35(3,32)33/h7-14H,4-6H2,1-3H3,(H,27,29,30). The number of aryl methyl sites for hydroxylation is 2. The molecule has 1 aromatic carbocycles. The van der Waals surface area contributed by atoms with Crippen LogP contribution in [0.15, 0.2) is 47.6 Å². The lowest BCUT2D eigenvalue weighted by Gasteiger charge is -2.14. The van der Waals surface area contributed by atoms with E-state index in [1.165, 1.54) is 23.7 Å². The van der Waals surface area contributed by atoms with Crippen molar-refractivity contribution in [3.63, 3.8) is 0 Å². The number of anilines is 1. The number of fused-ring (bicyclic) bond motifs is 1. The lowest BCUT2D eigenvalue weighted by Crippen LogP contribution is -2.13. The van der Waals surface area contributed by atoms with Crippen molar-refractivity contribution in [1.82, 2.24) is 19.9 Å². The van der Waals surface area contributed by atoms with E-state index in [2.05, 4.69) is 25.3 Å². The molecule has 4 aromatic rings. The number of hydrogen-bond donors (Lipinski definition) is 1. The number of benzene rings is 1. The summed E-state index contributed by atoms with van der Waals surface area (Å²) in [6.07, 6.45) is 5.33. The molecule has 0 bridgehead atoms. The monoisotopic (exact) mass is 513 g/mol. The van der Waals surface area contributed by atoms with Crippen molar-refractivity contribution < 1.29 is 17.6 Å². The number of ketones is 1. The van der Waals surface area contributed by atoms with Crippen LogP contribution in [0.4, 0.5) is 10.3 Å². The van der Waals surface area contributed by atoms with Crippen molar-refractivity contribution in [3.05, 3.63) is 70.4 Å². The van der Waals surface area contributed by atoms with E-state index in [-0.39, 0.29) is 29.1 Å². The molecule has 0 amide bonds. The van der Waals surface area contributed by atoms with Gasteiger partial charge in [0.1, 0.15) is 16.2 Å². The van der Waals surface area contributed by atoms with Crippen molar-refractivity contribution in [3.8, 4) is 0 Å². The summed E-state index contributed by atoms with van der Waals surface area (Å²) in [6.45, 7) is 3.67. The number of aromatic nitrogens is 4. The molecule has 11 heteroatoms. The quantitative estimate of drug-likeness (QED) is 0.320. The van der Waals surface area contributed by atoms with Crippen LogP contribution in [0.25, 0.3) is 10.3 Å². The second-order valence-corrected chi connectivity index (χ2v) is 11.5. The van der Waals surface area contributed by atoms with Crippen LogP contribution in [0.1, 0.15) is 52.4 Å². The van der Waals surface area contributed by atoms with E-state index in [1.807, 2.05) is 13.8 Å². The molecule has 0 saturated carbocycles. The molecule has 1 unspecified atom stereocenters. The molecule has 0 aliphatic heterocycles. The van der Waals surface area contributed by atoms with Crippen LogP contribution in [-0.4, -0.2) is 40.4 Å². The highest BCUT2D eigenvalue weighted by Gasteiger charge is 2.19. The third-order valence-corrected chi connectivity index (χ3v) is 7.51. The van der Waals surface area contributed by atoms with Gasteiger partial charge in [-0.25, -0.2) is 22.8 Å². The second kappa shape index (κ2) is 10.1. The fraction of sp³-hybridized carbons (Fsp3) is 0.292. The van der Waals surface area contributed by atoms with Crippen molar-refractivity contribution in [2.45, 2.75) is 44.0 Å². The second-order valence-electron chi connectivity index (χ2n) is 8.28. The molecule has 3 aromatic heterocycles. The SMILES string of the molecule is Cc1nc2nc(NC(C)c3cncc(F)c3)nc(C(=O)CCCc3ccc(S(C)(=O)=O)cc3)c2s1. The van der Waals surface area contributed by atoms with Crippen LogP contribution in [0.3, 0.4) is 0 Å². The van der Waals surface area contributed by atoms with Gasteiger partial charge in [0.05, 0.1) is 22.1 Å². The van der Waals surface area contributed by atoms with Crippen LogP contribution in [-0.2, 0) is 16.3 Å². The predicted molar refractivity (Wildman–Crippen MR) is 133 cm³/mol. The Hall–Kier alpha value is -3.31. The highest BCUT2D eigenvalue weighted by molar-refractivity contribution is 7.90. The number of thiazole rings is 1.